The Balaban J connectivity index is 1.44. The summed E-state index contributed by atoms with van der Waals surface area (Å²) in [5, 5.41) is 3.94. The molecule has 0 heterocycles. The molecule has 40 heavy (non-hydrogen) atoms. The Bertz CT molecular complexity index is 1530. The second kappa shape index (κ2) is 13.7. The van der Waals surface area contributed by atoms with E-state index in [0.29, 0.717) is 32.7 Å². The fourth-order valence-corrected chi connectivity index (χ4v) is 3.79. The van der Waals surface area contributed by atoms with Gasteiger partial charge in [-0.2, -0.15) is 5.10 Å². The molecule has 1 N–H and O–H groups in total. The van der Waals surface area contributed by atoms with Crippen molar-refractivity contribution in [2.45, 2.75) is 0 Å². The summed E-state index contributed by atoms with van der Waals surface area (Å²) < 4.78 is 22.3. The van der Waals surface area contributed by atoms with E-state index in [0.717, 1.165) is 0 Å². The van der Waals surface area contributed by atoms with Crippen LogP contribution >= 0.6 is 15.9 Å². The molecule has 0 bridgehead atoms. The van der Waals surface area contributed by atoms with E-state index in [4.69, 9.17) is 18.9 Å². The number of nitrogens with zero attached hydrogens (tertiary/aromatic N) is 1. The van der Waals surface area contributed by atoms with Gasteiger partial charge in [-0.3, -0.25) is 4.79 Å². The highest BCUT2D eigenvalue weighted by atomic mass is 79.9. The molecule has 0 radical (unpaired) electrons. The summed E-state index contributed by atoms with van der Waals surface area (Å²) in [4.78, 5) is 37.5. The van der Waals surface area contributed by atoms with Crippen molar-refractivity contribution in [2.24, 2.45) is 5.10 Å². The van der Waals surface area contributed by atoms with Crippen LogP contribution in [0.15, 0.2) is 107 Å². The van der Waals surface area contributed by atoms with Gasteiger partial charge in [0.1, 0.15) is 11.5 Å². The average molecular weight is 603 g/mol. The highest BCUT2D eigenvalue weighted by Crippen LogP contribution is 2.30. The molecule has 0 unspecified atom stereocenters. The standard InChI is InChI=1S/C30H23BrN2O7/c1-37-23-13-15-25(24(31)17-23)38-19-28(34)33-32-18-20-12-14-26(39-29(35)21-8-4-2-5-9-21)27(16-20)40-30(36)22-10-6-3-7-11-22/h2-18H,19H2,1H3,(H,33,34)/b32-18+. The third kappa shape index (κ3) is 7.78. The zero-order chi connectivity index (χ0) is 28.3. The molecule has 10 heteroatoms. The van der Waals surface area contributed by atoms with Gasteiger partial charge in [-0.1, -0.05) is 36.4 Å². The van der Waals surface area contributed by atoms with E-state index in [2.05, 4.69) is 26.5 Å². The highest BCUT2D eigenvalue weighted by molar-refractivity contribution is 9.10. The molecule has 0 aromatic heterocycles. The number of hydrazone groups is 1. The summed E-state index contributed by atoms with van der Waals surface area (Å²) in [5.74, 6) is -0.605. The fraction of sp³-hybridized carbons (Fsp3) is 0.0667. The largest absolute Gasteiger partial charge is 0.497 e. The van der Waals surface area contributed by atoms with Crippen LogP contribution in [0.1, 0.15) is 26.3 Å². The molecule has 0 atom stereocenters. The zero-order valence-corrected chi connectivity index (χ0v) is 22.8. The minimum Gasteiger partial charge on any atom is -0.497 e. The van der Waals surface area contributed by atoms with Crippen LogP contribution in [0.25, 0.3) is 0 Å². The van der Waals surface area contributed by atoms with E-state index in [-0.39, 0.29) is 18.1 Å². The van der Waals surface area contributed by atoms with E-state index in [9.17, 15) is 14.4 Å². The Morgan fingerprint density at radius 2 is 1.38 bits per heavy atom. The maximum atomic E-state index is 12.7. The lowest BCUT2D eigenvalue weighted by Crippen LogP contribution is -2.24. The molecular weight excluding hydrogens is 580 g/mol. The Labute approximate surface area is 238 Å². The second-order valence-electron chi connectivity index (χ2n) is 8.10. The molecule has 202 valence electrons. The predicted molar refractivity (Wildman–Crippen MR) is 151 cm³/mol. The van der Waals surface area contributed by atoms with Crippen molar-refractivity contribution >= 4 is 40.0 Å². The summed E-state index contributed by atoms with van der Waals surface area (Å²) in [6.45, 7) is -0.281. The minimum atomic E-state index is -0.637. The number of methoxy groups -OCH3 is 1. The summed E-state index contributed by atoms with van der Waals surface area (Å²) in [6, 6.07) is 26.4. The number of esters is 2. The molecule has 4 rings (SSSR count). The second-order valence-corrected chi connectivity index (χ2v) is 8.95. The van der Waals surface area contributed by atoms with Crippen molar-refractivity contribution in [3.05, 3.63) is 118 Å². The van der Waals surface area contributed by atoms with Crippen LogP contribution in [-0.2, 0) is 4.79 Å². The SMILES string of the molecule is COc1ccc(OCC(=O)N/N=C/c2ccc(OC(=O)c3ccccc3)c(OC(=O)c3ccccc3)c2)c(Br)c1. The maximum absolute atomic E-state index is 12.7. The number of amides is 1. The number of ether oxygens (including phenoxy) is 4. The number of nitrogens with one attached hydrogen (secondary N) is 1. The zero-order valence-electron chi connectivity index (χ0n) is 21.2. The third-order valence-electron chi connectivity index (χ3n) is 5.29. The molecule has 4 aromatic carbocycles. The summed E-state index contributed by atoms with van der Waals surface area (Å²) in [7, 11) is 1.55. The van der Waals surface area contributed by atoms with Crippen molar-refractivity contribution in [3.63, 3.8) is 0 Å². The van der Waals surface area contributed by atoms with Crippen molar-refractivity contribution < 1.29 is 33.3 Å². The first kappa shape index (κ1) is 28.1. The number of hydrogen-bond acceptors (Lipinski definition) is 8. The van der Waals surface area contributed by atoms with E-state index < -0.39 is 17.8 Å². The van der Waals surface area contributed by atoms with Crippen molar-refractivity contribution in [1.29, 1.82) is 0 Å². The van der Waals surface area contributed by atoms with Crippen LogP contribution in [0.5, 0.6) is 23.0 Å². The van der Waals surface area contributed by atoms with Gasteiger partial charge >= 0.3 is 11.9 Å². The quantitative estimate of drug-likeness (QED) is 0.111. The van der Waals surface area contributed by atoms with E-state index >= 15 is 0 Å². The van der Waals surface area contributed by atoms with Gasteiger partial charge in [0.05, 0.1) is 28.9 Å². The molecule has 0 aliphatic rings. The molecule has 0 fully saturated rings. The van der Waals surface area contributed by atoms with Gasteiger partial charge in [0.2, 0.25) is 0 Å². The number of carbonyl (C=O) groups is 3. The lowest BCUT2D eigenvalue weighted by atomic mass is 10.2. The summed E-state index contributed by atoms with van der Waals surface area (Å²) in [5.41, 5.74) is 3.49. The molecule has 0 aliphatic carbocycles. The topological polar surface area (TPSA) is 113 Å². The maximum Gasteiger partial charge on any atom is 0.343 e. The van der Waals surface area contributed by atoms with Crippen LogP contribution in [0.3, 0.4) is 0 Å². The number of carbonyl (C=O) groups excluding carboxylic acids is 3. The van der Waals surface area contributed by atoms with Gasteiger partial charge in [-0.15, -0.1) is 0 Å². The van der Waals surface area contributed by atoms with Gasteiger partial charge in [-0.05, 0) is 82.2 Å². The van der Waals surface area contributed by atoms with E-state index in [1.807, 2.05) is 0 Å². The van der Waals surface area contributed by atoms with Crippen LogP contribution in [0.2, 0.25) is 0 Å². The molecule has 0 aliphatic heterocycles. The fourth-order valence-electron chi connectivity index (χ4n) is 3.32. The third-order valence-corrected chi connectivity index (χ3v) is 5.91. The normalized spacial score (nSPS) is 10.6. The molecule has 0 saturated heterocycles. The number of halogens is 1. The van der Waals surface area contributed by atoms with Crippen molar-refractivity contribution in [3.8, 4) is 23.0 Å². The van der Waals surface area contributed by atoms with Gasteiger partial charge < -0.3 is 18.9 Å². The van der Waals surface area contributed by atoms with Crippen molar-refractivity contribution in [2.75, 3.05) is 13.7 Å². The number of rotatable bonds is 10. The first-order valence-corrected chi connectivity index (χ1v) is 12.7. The number of benzene rings is 4. The average Bonchev–Trinajstić information content (AvgIpc) is 2.98. The van der Waals surface area contributed by atoms with Gasteiger partial charge in [0.15, 0.2) is 18.1 Å². The van der Waals surface area contributed by atoms with E-state index in [1.54, 1.807) is 92.0 Å². The lowest BCUT2D eigenvalue weighted by Gasteiger charge is -2.11. The Hall–Kier alpha value is -4.96. The van der Waals surface area contributed by atoms with Gasteiger partial charge in [0.25, 0.3) is 5.91 Å². The first-order chi connectivity index (χ1) is 19.4. The first-order valence-electron chi connectivity index (χ1n) is 11.9. The Morgan fingerprint density at radius 1 is 0.775 bits per heavy atom. The highest BCUT2D eigenvalue weighted by Gasteiger charge is 2.17. The monoisotopic (exact) mass is 602 g/mol. The predicted octanol–water partition coefficient (Wildman–Crippen LogP) is 5.43. The smallest absolute Gasteiger partial charge is 0.343 e. The van der Waals surface area contributed by atoms with Crippen LogP contribution < -0.4 is 24.4 Å². The molecular formula is C30H23BrN2O7. The summed E-state index contributed by atoms with van der Waals surface area (Å²) in [6.07, 6.45) is 1.35. The minimum absolute atomic E-state index is 0.00102. The Morgan fingerprint density at radius 3 is 1.98 bits per heavy atom. The van der Waals surface area contributed by atoms with Crippen molar-refractivity contribution in [1.82, 2.24) is 5.43 Å². The molecule has 0 spiro atoms. The van der Waals surface area contributed by atoms with Crippen LogP contribution in [0.4, 0.5) is 0 Å². The van der Waals surface area contributed by atoms with Crippen LogP contribution in [-0.4, -0.2) is 37.8 Å². The number of hydrogen-bond donors (Lipinski definition) is 1. The van der Waals surface area contributed by atoms with Crippen LogP contribution in [0, 0.1) is 0 Å². The van der Waals surface area contributed by atoms with Gasteiger partial charge in [0, 0.05) is 0 Å². The molecule has 4 aromatic rings. The van der Waals surface area contributed by atoms with Gasteiger partial charge in [-0.25, -0.2) is 15.0 Å². The summed E-state index contributed by atoms with van der Waals surface area (Å²) >= 11 is 3.36. The van der Waals surface area contributed by atoms with E-state index in [1.165, 1.54) is 18.3 Å². The lowest BCUT2D eigenvalue weighted by molar-refractivity contribution is -0.123. The molecule has 1 amide bonds. The molecule has 9 nitrogen and oxygen atoms in total. The Kier molecular flexibility index (Phi) is 9.62. The molecule has 0 saturated carbocycles.